The predicted molar refractivity (Wildman–Crippen MR) is 161 cm³/mol. The van der Waals surface area contributed by atoms with Crippen molar-refractivity contribution >= 4 is 48.7 Å². The molecule has 1 atom stereocenters. The average Bonchev–Trinajstić information content (AvgIpc) is 2.99. The van der Waals surface area contributed by atoms with E-state index >= 15 is 0 Å². The van der Waals surface area contributed by atoms with Crippen molar-refractivity contribution < 1.29 is 42.4 Å². The smallest absolute Gasteiger partial charge is 0.346 e. The molecule has 1 aliphatic rings. The monoisotopic (exact) mass is 659 g/mol. The van der Waals surface area contributed by atoms with Crippen LogP contribution in [0.4, 0.5) is 0 Å². The highest BCUT2D eigenvalue weighted by Crippen LogP contribution is 2.55. The molecule has 0 spiro atoms. The summed E-state index contributed by atoms with van der Waals surface area (Å²) in [5, 5.41) is 0. The lowest BCUT2D eigenvalue weighted by Crippen LogP contribution is -2.49. The maximum Gasteiger partial charge on any atom is 0.346 e. The van der Waals surface area contributed by atoms with Crippen LogP contribution in [0.5, 0.6) is 23.0 Å². The lowest BCUT2D eigenvalue weighted by Gasteiger charge is -2.42. The van der Waals surface area contributed by atoms with Crippen LogP contribution >= 0.6 is 30.9 Å². The van der Waals surface area contributed by atoms with E-state index in [9.17, 15) is 18.9 Å². The van der Waals surface area contributed by atoms with E-state index in [2.05, 4.69) is 0 Å². The van der Waals surface area contributed by atoms with Crippen molar-refractivity contribution in [1.29, 1.82) is 0 Å². The molecule has 0 N–H and O–H groups in total. The summed E-state index contributed by atoms with van der Waals surface area (Å²) >= 11 is 12.1. The van der Waals surface area contributed by atoms with E-state index in [0.29, 0.717) is 11.5 Å². The lowest BCUT2D eigenvalue weighted by molar-refractivity contribution is -0.134. The number of benzene rings is 2. The van der Waals surface area contributed by atoms with Crippen LogP contribution in [0.3, 0.4) is 0 Å². The Hall–Kier alpha value is -2.86. The Morgan fingerprint density at radius 2 is 1.40 bits per heavy atom. The molecule has 0 saturated carbocycles. The fraction of sp³-hybridized carbons (Fsp3) is 0.464. The van der Waals surface area contributed by atoms with Gasteiger partial charge in [0.1, 0.15) is 0 Å². The number of carbonyl (C=O) groups is 3. The minimum Gasteiger partial charge on any atom is -0.493 e. The van der Waals surface area contributed by atoms with E-state index in [0.717, 1.165) is 5.56 Å². The van der Waals surface area contributed by atoms with Crippen molar-refractivity contribution in [2.24, 2.45) is 0 Å². The Morgan fingerprint density at radius 1 is 0.814 bits per heavy atom. The van der Waals surface area contributed by atoms with Crippen molar-refractivity contribution in [3.63, 3.8) is 0 Å². The maximum atomic E-state index is 14.6. The van der Waals surface area contributed by atoms with Gasteiger partial charge in [0, 0.05) is 70.4 Å². The highest BCUT2D eigenvalue weighted by molar-refractivity contribution is 7.53. The number of carbonyl (C=O) groups excluding carboxylic acids is 3. The van der Waals surface area contributed by atoms with Crippen LogP contribution in [0.25, 0.3) is 0 Å². The molecule has 0 radical (unpaired) electrons. The quantitative estimate of drug-likeness (QED) is 0.124. The molecule has 2 aromatic rings. The summed E-state index contributed by atoms with van der Waals surface area (Å²) in [5.74, 6) is -0.0770. The standard InChI is InChI=1S/C28H36Cl2N3O9P/c1-20(34)41-25-8-6-23(18-27(25)42-21(2)35)28(36)31-13-15-33(16-14-31)43(37,32(11-9-29)12-10-30)40-19-22-5-7-24(38-3)26(17-22)39-4/h5-8,17-18H,9-16,19H2,1-4H3. The summed E-state index contributed by atoms with van der Waals surface area (Å²) < 4.78 is 45.1. The summed E-state index contributed by atoms with van der Waals surface area (Å²) in [5.41, 5.74) is 0.962. The second-order valence-electron chi connectivity index (χ2n) is 9.38. The van der Waals surface area contributed by atoms with E-state index in [1.807, 2.05) is 0 Å². The number of amides is 1. The zero-order chi connectivity index (χ0) is 31.6. The highest BCUT2D eigenvalue weighted by atomic mass is 35.5. The van der Waals surface area contributed by atoms with Crippen LogP contribution in [0.15, 0.2) is 36.4 Å². The van der Waals surface area contributed by atoms with Crippen molar-refractivity contribution in [1.82, 2.24) is 14.2 Å². The van der Waals surface area contributed by atoms with Crippen LogP contribution in [-0.4, -0.2) is 97.3 Å². The highest BCUT2D eigenvalue weighted by Gasteiger charge is 2.41. The van der Waals surface area contributed by atoms with Crippen molar-refractivity contribution in [2.45, 2.75) is 20.5 Å². The van der Waals surface area contributed by atoms with Gasteiger partial charge in [-0.1, -0.05) is 6.07 Å². The first kappa shape index (κ1) is 34.6. The van der Waals surface area contributed by atoms with Gasteiger partial charge in [-0.3, -0.25) is 18.9 Å². The molecule has 1 fully saturated rings. The molecule has 1 saturated heterocycles. The fourth-order valence-corrected chi connectivity index (χ4v) is 7.52. The van der Waals surface area contributed by atoms with Crippen LogP contribution in [-0.2, 0) is 25.3 Å². The largest absolute Gasteiger partial charge is 0.493 e. The molecule has 0 aromatic heterocycles. The number of piperazine rings is 1. The van der Waals surface area contributed by atoms with Gasteiger partial charge in [-0.05, 0) is 35.9 Å². The Kier molecular flexibility index (Phi) is 13.1. The second-order valence-corrected chi connectivity index (χ2v) is 12.5. The molecular formula is C28H36Cl2N3O9P. The fourth-order valence-electron chi connectivity index (χ4n) is 4.48. The van der Waals surface area contributed by atoms with Gasteiger partial charge in [0.15, 0.2) is 23.0 Å². The third kappa shape index (κ3) is 9.07. The van der Waals surface area contributed by atoms with Gasteiger partial charge in [0.25, 0.3) is 5.91 Å². The van der Waals surface area contributed by atoms with Crippen LogP contribution in [0.2, 0.25) is 0 Å². The summed E-state index contributed by atoms with van der Waals surface area (Å²) in [6.45, 7) is 3.98. The molecule has 43 heavy (non-hydrogen) atoms. The number of esters is 2. The van der Waals surface area contributed by atoms with E-state index < -0.39 is 19.6 Å². The SMILES string of the molecule is COc1ccc(COP(=O)(N(CCCl)CCCl)N2CCN(C(=O)c3ccc(OC(C)=O)c(OC(C)=O)c3)CC2)cc1OC. The molecule has 2 aromatic carbocycles. The van der Waals surface area contributed by atoms with E-state index in [4.69, 9.17) is 46.7 Å². The van der Waals surface area contributed by atoms with Crippen LogP contribution in [0.1, 0.15) is 29.8 Å². The molecule has 1 unspecified atom stereocenters. The van der Waals surface area contributed by atoms with Gasteiger partial charge in [-0.2, -0.15) is 0 Å². The number of nitrogens with zero attached hydrogens (tertiary/aromatic N) is 3. The number of rotatable bonds is 14. The number of alkyl halides is 2. The third-order valence-electron chi connectivity index (χ3n) is 6.49. The van der Waals surface area contributed by atoms with Crippen LogP contribution < -0.4 is 18.9 Å². The minimum atomic E-state index is -3.64. The molecule has 1 heterocycles. The molecule has 1 aliphatic heterocycles. The zero-order valence-electron chi connectivity index (χ0n) is 24.5. The number of ether oxygens (including phenoxy) is 4. The Balaban J connectivity index is 1.79. The summed E-state index contributed by atoms with van der Waals surface area (Å²) in [6, 6.07) is 9.54. The number of hydrogen-bond acceptors (Lipinski definition) is 9. The van der Waals surface area contributed by atoms with Gasteiger partial charge in [-0.25, -0.2) is 9.34 Å². The van der Waals surface area contributed by atoms with Crippen molar-refractivity contribution in [3.05, 3.63) is 47.5 Å². The Labute approximate surface area is 261 Å². The number of halogens is 2. The summed E-state index contributed by atoms with van der Waals surface area (Å²) in [7, 11) is -0.565. The molecule has 1 amide bonds. The molecule has 0 aliphatic carbocycles. The van der Waals surface area contributed by atoms with Gasteiger partial charge in [-0.15, -0.1) is 23.2 Å². The molecule has 236 valence electrons. The topological polar surface area (TPSA) is 124 Å². The molecule has 12 nitrogen and oxygen atoms in total. The first-order valence-electron chi connectivity index (χ1n) is 13.4. The van der Waals surface area contributed by atoms with E-state index in [1.54, 1.807) is 39.5 Å². The lowest BCUT2D eigenvalue weighted by atomic mass is 10.1. The van der Waals surface area contributed by atoms with Gasteiger partial charge in [0.2, 0.25) is 0 Å². The summed E-state index contributed by atoms with van der Waals surface area (Å²) in [4.78, 5) is 38.0. The molecule has 0 bridgehead atoms. The van der Waals surface area contributed by atoms with Gasteiger partial charge >= 0.3 is 19.6 Å². The molecular weight excluding hydrogens is 624 g/mol. The molecule has 3 rings (SSSR count). The summed E-state index contributed by atoms with van der Waals surface area (Å²) in [6.07, 6.45) is 0. The minimum absolute atomic E-state index is 0.0193. The third-order valence-corrected chi connectivity index (χ3v) is 9.52. The van der Waals surface area contributed by atoms with Gasteiger partial charge in [0.05, 0.1) is 20.8 Å². The van der Waals surface area contributed by atoms with Crippen LogP contribution in [0, 0.1) is 0 Å². The van der Waals surface area contributed by atoms with E-state index in [-0.39, 0.29) is 80.6 Å². The first-order chi connectivity index (χ1) is 20.6. The molecule has 15 heteroatoms. The Bertz CT molecular complexity index is 1330. The predicted octanol–water partition coefficient (Wildman–Crippen LogP) is 4.42. The van der Waals surface area contributed by atoms with E-state index in [1.165, 1.54) is 39.2 Å². The maximum absolute atomic E-state index is 14.6. The Morgan fingerprint density at radius 3 is 1.95 bits per heavy atom. The number of hydrogen-bond donors (Lipinski definition) is 0. The van der Waals surface area contributed by atoms with Crippen molar-refractivity contribution in [3.8, 4) is 23.0 Å². The second kappa shape index (κ2) is 16.3. The van der Waals surface area contributed by atoms with Crippen molar-refractivity contribution in [2.75, 3.05) is 65.2 Å². The normalized spacial score (nSPS) is 15.1. The average molecular weight is 660 g/mol. The van der Waals surface area contributed by atoms with Gasteiger partial charge < -0.3 is 28.4 Å². The first-order valence-corrected chi connectivity index (χ1v) is 16.0. The number of methoxy groups -OCH3 is 2. The zero-order valence-corrected chi connectivity index (χ0v) is 27.0.